The molecule has 0 fully saturated rings. The Morgan fingerprint density at radius 1 is 1.21 bits per heavy atom. The molecule has 1 aliphatic rings. The minimum Gasteiger partial charge on any atom is -0.457 e. The van der Waals surface area contributed by atoms with E-state index in [1.807, 2.05) is 50.5 Å². The van der Waals surface area contributed by atoms with Crippen LogP contribution in [0.5, 0.6) is 0 Å². The van der Waals surface area contributed by atoms with E-state index in [0.29, 0.717) is 6.42 Å². The maximum Gasteiger partial charge on any atom is 0.309 e. The molecule has 1 aromatic rings. The molecule has 2 heterocycles. The summed E-state index contributed by atoms with van der Waals surface area (Å²) in [6.07, 6.45) is 6.90. The predicted octanol–water partition coefficient (Wildman–Crippen LogP) is 4.80. The van der Waals surface area contributed by atoms with Crippen LogP contribution in [-0.2, 0) is 14.3 Å². The monoisotopic (exact) mass is 475 g/mol. The first-order valence-electron chi connectivity index (χ1n) is 11.4. The number of carbonyl (C=O) groups excluding carboxylic acids is 2. The number of rotatable bonds is 2. The molecule has 0 bridgehead atoms. The minimum absolute atomic E-state index is 0.290. The number of aryl methyl sites for hydroxylation is 1. The van der Waals surface area contributed by atoms with Crippen molar-refractivity contribution in [1.82, 2.24) is 4.98 Å². The van der Waals surface area contributed by atoms with Crippen LogP contribution >= 0.6 is 11.3 Å². The summed E-state index contributed by atoms with van der Waals surface area (Å²) in [5, 5.41) is 24.3. The Bertz CT molecular complexity index is 927. The van der Waals surface area contributed by atoms with Crippen LogP contribution in [-0.4, -0.2) is 45.3 Å². The third-order valence-corrected chi connectivity index (χ3v) is 7.08. The van der Waals surface area contributed by atoms with Gasteiger partial charge < -0.3 is 14.9 Å². The molecular weight excluding hydrogens is 438 g/mol. The highest BCUT2D eigenvalue weighted by atomic mass is 32.1. The number of Topliss-reactive ketones (excluding diaryl/α,β-unsaturated/α-hetero) is 1. The van der Waals surface area contributed by atoms with E-state index in [1.165, 1.54) is 0 Å². The number of ether oxygens (including phenoxy) is 1. The number of hydrogen-bond donors (Lipinski definition) is 2. The number of cyclic esters (lactones) is 1. The van der Waals surface area contributed by atoms with Gasteiger partial charge in [0.2, 0.25) is 0 Å². The van der Waals surface area contributed by atoms with Crippen molar-refractivity contribution >= 4 is 29.2 Å². The van der Waals surface area contributed by atoms with E-state index in [0.717, 1.165) is 34.7 Å². The standard InChI is InChI=1S/C26H37NO5S/c1-16-11-9-7-8-10-12-21(17(2)13-20-15-33-19(4)27-20)32-23(29)14-22(28)26(5,6)25(31)18(3)24(16)30/h8,10-11,13,15,18,21-22,24,28,30H,7,9,12,14H2,1-6H3/b10-8-,16-11-,17-13+/t18-,21+,22+,24+/m1/s1. The van der Waals surface area contributed by atoms with Gasteiger partial charge >= 0.3 is 5.97 Å². The Morgan fingerprint density at radius 3 is 2.55 bits per heavy atom. The van der Waals surface area contributed by atoms with Crippen LogP contribution in [0.4, 0.5) is 0 Å². The molecule has 0 spiro atoms. The maximum atomic E-state index is 13.1. The number of allylic oxidation sites excluding steroid dienone is 2. The molecule has 2 rings (SSSR count). The van der Waals surface area contributed by atoms with Crippen LogP contribution in [0.1, 0.15) is 71.0 Å². The normalized spacial score (nSPS) is 30.9. The highest BCUT2D eigenvalue weighted by Gasteiger charge is 2.41. The van der Waals surface area contributed by atoms with Gasteiger partial charge in [0.1, 0.15) is 11.9 Å². The van der Waals surface area contributed by atoms with E-state index in [9.17, 15) is 19.8 Å². The van der Waals surface area contributed by atoms with Crippen LogP contribution < -0.4 is 0 Å². The molecule has 182 valence electrons. The van der Waals surface area contributed by atoms with Crippen LogP contribution in [0.25, 0.3) is 6.08 Å². The molecule has 0 saturated carbocycles. The molecule has 6 nitrogen and oxygen atoms in total. The summed E-state index contributed by atoms with van der Waals surface area (Å²) in [7, 11) is 0. The Morgan fingerprint density at radius 2 is 1.91 bits per heavy atom. The minimum atomic E-state index is -1.23. The third kappa shape index (κ3) is 7.45. The van der Waals surface area contributed by atoms with Gasteiger partial charge in [0, 0.05) is 17.7 Å². The molecular formula is C26H37NO5S. The molecule has 2 N–H and O–H groups in total. The average Bonchev–Trinajstić information content (AvgIpc) is 3.16. The molecule has 33 heavy (non-hydrogen) atoms. The lowest BCUT2D eigenvalue weighted by molar-refractivity contribution is -0.153. The zero-order chi connectivity index (χ0) is 24.8. The Hall–Kier alpha value is -2.09. The van der Waals surface area contributed by atoms with Crippen molar-refractivity contribution in [3.63, 3.8) is 0 Å². The topological polar surface area (TPSA) is 96.7 Å². The van der Waals surface area contributed by atoms with Crippen molar-refractivity contribution in [1.29, 1.82) is 0 Å². The van der Waals surface area contributed by atoms with Crippen LogP contribution in [0.2, 0.25) is 0 Å². The molecule has 0 aliphatic carbocycles. The average molecular weight is 476 g/mol. The van der Waals surface area contributed by atoms with E-state index in [1.54, 1.807) is 32.1 Å². The zero-order valence-corrected chi connectivity index (χ0v) is 21.3. The van der Waals surface area contributed by atoms with E-state index in [-0.39, 0.29) is 12.2 Å². The first kappa shape index (κ1) is 27.2. The van der Waals surface area contributed by atoms with Crippen LogP contribution in [0, 0.1) is 18.3 Å². The predicted molar refractivity (Wildman–Crippen MR) is 132 cm³/mol. The molecule has 0 unspecified atom stereocenters. The SMILES string of the molecule is C/C1=C/CC/C=C\C[C@@H](/C(C)=C/c2csc(C)n2)OC(=O)C[C@H](O)C(C)(C)C(=O)[C@H](C)[C@H]1O. The molecule has 4 atom stereocenters. The van der Waals surface area contributed by atoms with Crippen molar-refractivity contribution in [2.45, 2.75) is 85.5 Å². The van der Waals surface area contributed by atoms with E-state index < -0.39 is 35.6 Å². The van der Waals surface area contributed by atoms with Gasteiger partial charge in [-0.2, -0.15) is 0 Å². The molecule has 0 saturated heterocycles. The molecule has 0 amide bonds. The first-order chi connectivity index (χ1) is 15.4. The van der Waals surface area contributed by atoms with Crippen LogP contribution in [0.3, 0.4) is 0 Å². The Labute approximate surface area is 201 Å². The molecule has 0 aromatic carbocycles. The summed E-state index contributed by atoms with van der Waals surface area (Å²) in [6.45, 7) is 10.5. The smallest absolute Gasteiger partial charge is 0.309 e. The fourth-order valence-electron chi connectivity index (χ4n) is 3.87. The van der Waals surface area contributed by atoms with Gasteiger partial charge in [-0.15, -0.1) is 11.3 Å². The van der Waals surface area contributed by atoms with Crippen molar-refractivity contribution in [2.24, 2.45) is 11.3 Å². The maximum absolute atomic E-state index is 13.1. The fraction of sp³-hybridized carbons (Fsp3) is 0.577. The largest absolute Gasteiger partial charge is 0.457 e. The second kappa shape index (κ2) is 11.9. The van der Waals surface area contributed by atoms with Crippen molar-refractivity contribution < 1.29 is 24.5 Å². The summed E-state index contributed by atoms with van der Waals surface area (Å²) >= 11 is 1.56. The Kier molecular flexibility index (Phi) is 9.76. The highest BCUT2D eigenvalue weighted by molar-refractivity contribution is 7.09. The van der Waals surface area contributed by atoms with Gasteiger partial charge in [0.25, 0.3) is 0 Å². The fourth-order valence-corrected chi connectivity index (χ4v) is 4.44. The first-order valence-corrected chi connectivity index (χ1v) is 12.3. The second-order valence-corrected chi connectivity index (χ2v) is 10.5. The highest BCUT2D eigenvalue weighted by Crippen LogP contribution is 2.31. The lowest BCUT2D eigenvalue weighted by Gasteiger charge is -2.33. The summed E-state index contributed by atoms with van der Waals surface area (Å²) in [6, 6.07) is 0. The summed E-state index contributed by atoms with van der Waals surface area (Å²) in [5.41, 5.74) is 1.20. The molecule has 7 heteroatoms. The lowest BCUT2D eigenvalue weighted by Crippen LogP contribution is -2.44. The van der Waals surface area contributed by atoms with Crippen molar-refractivity contribution in [3.8, 4) is 0 Å². The zero-order valence-electron chi connectivity index (χ0n) is 20.5. The molecule has 1 aromatic heterocycles. The number of thiazole rings is 1. The molecule has 0 radical (unpaired) electrons. The number of aromatic nitrogens is 1. The number of esters is 1. The number of ketones is 1. The van der Waals surface area contributed by atoms with E-state index >= 15 is 0 Å². The quantitative estimate of drug-likeness (QED) is 0.471. The van der Waals surface area contributed by atoms with Gasteiger partial charge in [-0.25, -0.2) is 4.98 Å². The third-order valence-electron chi connectivity index (χ3n) is 6.29. The number of nitrogens with zero attached hydrogens (tertiary/aromatic N) is 1. The summed E-state index contributed by atoms with van der Waals surface area (Å²) in [4.78, 5) is 30.3. The van der Waals surface area contributed by atoms with E-state index in [4.69, 9.17) is 4.74 Å². The van der Waals surface area contributed by atoms with Gasteiger partial charge in [0.05, 0.1) is 34.7 Å². The number of carbonyl (C=O) groups is 2. The van der Waals surface area contributed by atoms with Gasteiger partial charge in [-0.05, 0) is 50.8 Å². The van der Waals surface area contributed by atoms with Crippen molar-refractivity contribution in [2.75, 3.05) is 0 Å². The summed E-state index contributed by atoms with van der Waals surface area (Å²) < 4.78 is 5.74. The lowest BCUT2D eigenvalue weighted by atomic mass is 9.74. The van der Waals surface area contributed by atoms with Gasteiger partial charge in [0.15, 0.2) is 0 Å². The number of hydrogen-bond acceptors (Lipinski definition) is 7. The van der Waals surface area contributed by atoms with Crippen LogP contribution in [0.15, 0.2) is 34.8 Å². The van der Waals surface area contributed by atoms with E-state index in [2.05, 4.69) is 4.98 Å². The van der Waals surface area contributed by atoms with Gasteiger partial charge in [-0.1, -0.05) is 39.0 Å². The Balaban J connectivity index is 2.31. The summed E-state index contributed by atoms with van der Waals surface area (Å²) in [5.74, 6) is -1.56. The van der Waals surface area contributed by atoms with Gasteiger partial charge in [-0.3, -0.25) is 9.59 Å². The number of aliphatic hydroxyl groups is 2. The molecule has 1 aliphatic heterocycles. The number of aliphatic hydroxyl groups excluding tert-OH is 2. The van der Waals surface area contributed by atoms with Crippen molar-refractivity contribution in [3.05, 3.63) is 45.5 Å². The second-order valence-electron chi connectivity index (χ2n) is 9.43.